The molecule has 1 aliphatic rings. The average Bonchev–Trinajstić information content (AvgIpc) is 2.83. The first-order valence-corrected chi connectivity index (χ1v) is 6.53. The lowest BCUT2D eigenvalue weighted by Gasteiger charge is -2.34. The van der Waals surface area contributed by atoms with Crippen LogP contribution in [0.4, 0.5) is 5.69 Å². The summed E-state index contributed by atoms with van der Waals surface area (Å²) >= 11 is 0. The van der Waals surface area contributed by atoms with E-state index < -0.39 is 0 Å². The highest BCUT2D eigenvalue weighted by atomic mass is 16.5. The van der Waals surface area contributed by atoms with Crippen LogP contribution in [0.15, 0.2) is 24.3 Å². The Balaban J connectivity index is 1.78. The van der Waals surface area contributed by atoms with Gasteiger partial charge in [-0.1, -0.05) is 0 Å². The summed E-state index contributed by atoms with van der Waals surface area (Å²) in [6.07, 6.45) is 2.29. The number of aromatic nitrogens is 4. The summed E-state index contributed by atoms with van der Waals surface area (Å²) in [6, 6.07) is 7.93. The first-order valence-electron chi connectivity index (χ1n) is 6.53. The molecule has 0 radical (unpaired) electrons. The fourth-order valence-corrected chi connectivity index (χ4v) is 2.37. The normalized spacial score (nSPS) is 22.2. The summed E-state index contributed by atoms with van der Waals surface area (Å²) in [6.45, 7) is 2.78. The maximum atomic E-state index is 5.69. The zero-order valence-electron chi connectivity index (χ0n) is 10.9. The third kappa shape index (κ3) is 2.31. The van der Waals surface area contributed by atoms with Gasteiger partial charge in [-0.05, 0) is 54.5 Å². The van der Waals surface area contributed by atoms with E-state index in [2.05, 4.69) is 15.5 Å². The predicted molar refractivity (Wildman–Crippen MR) is 71.4 cm³/mol. The summed E-state index contributed by atoms with van der Waals surface area (Å²) in [5.41, 5.74) is 7.42. The summed E-state index contributed by atoms with van der Waals surface area (Å²) in [5.74, 6) is 0.792. The van der Waals surface area contributed by atoms with Gasteiger partial charge in [-0.15, -0.1) is 5.10 Å². The summed E-state index contributed by atoms with van der Waals surface area (Å²) in [4.78, 5) is 0. The molecule has 1 fully saturated rings. The molecule has 6 heteroatoms. The van der Waals surface area contributed by atoms with Crippen molar-refractivity contribution in [1.29, 1.82) is 0 Å². The number of hydrogen-bond donors (Lipinski definition) is 1. The molecule has 0 saturated heterocycles. The van der Waals surface area contributed by atoms with Gasteiger partial charge in [0.15, 0.2) is 5.82 Å². The molecule has 19 heavy (non-hydrogen) atoms. The molecule has 0 atom stereocenters. The van der Waals surface area contributed by atoms with Gasteiger partial charge in [-0.25, -0.2) is 4.68 Å². The van der Waals surface area contributed by atoms with Crippen molar-refractivity contribution in [3.63, 3.8) is 0 Å². The highest BCUT2D eigenvalue weighted by Crippen LogP contribution is 2.36. The van der Waals surface area contributed by atoms with Crippen LogP contribution in [-0.2, 0) is 4.74 Å². The zero-order valence-corrected chi connectivity index (χ0v) is 10.9. The number of tetrazole rings is 1. The fraction of sp³-hybridized carbons (Fsp3) is 0.462. The third-order valence-corrected chi connectivity index (χ3v) is 3.48. The number of hydrogen-bond acceptors (Lipinski definition) is 5. The lowest BCUT2D eigenvalue weighted by atomic mass is 9.89. The Morgan fingerprint density at radius 3 is 2.74 bits per heavy atom. The van der Waals surface area contributed by atoms with Crippen LogP contribution >= 0.6 is 0 Å². The largest absolute Gasteiger partial charge is 0.399 e. The Morgan fingerprint density at radius 1 is 1.32 bits per heavy atom. The molecular weight excluding hydrogens is 242 g/mol. The third-order valence-electron chi connectivity index (χ3n) is 3.48. The molecule has 3 rings (SSSR count). The average molecular weight is 259 g/mol. The monoisotopic (exact) mass is 259 g/mol. The zero-order chi connectivity index (χ0) is 13.2. The van der Waals surface area contributed by atoms with Crippen molar-refractivity contribution >= 4 is 5.69 Å². The minimum absolute atomic E-state index is 0.333. The van der Waals surface area contributed by atoms with Crippen molar-refractivity contribution in [1.82, 2.24) is 20.2 Å². The Hall–Kier alpha value is -1.95. The van der Waals surface area contributed by atoms with E-state index in [1.165, 1.54) is 0 Å². The van der Waals surface area contributed by atoms with Crippen LogP contribution < -0.4 is 5.73 Å². The van der Waals surface area contributed by atoms with Crippen LogP contribution in [0.25, 0.3) is 11.4 Å². The SMILES string of the molecule is CCOC1CC(n2nnnc2-c2ccc(N)cc2)C1. The van der Waals surface area contributed by atoms with Crippen LogP contribution in [0, 0.1) is 0 Å². The van der Waals surface area contributed by atoms with Gasteiger partial charge in [-0.2, -0.15) is 0 Å². The quantitative estimate of drug-likeness (QED) is 0.845. The van der Waals surface area contributed by atoms with Gasteiger partial charge in [0.2, 0.25) is 0 Å². The van der Waals surface area contributed by atoms with E-state index in [1.54, 1.807) is 0 Å². The van der Waals surface area contributed by atoms with E-state index in [-0.39, 0.29) is 0 Å². The van der Waals surface area contributed by atoms with Crippen molar-refractivity contribution < 1.29 is 4.74 Å². The number of anilines is 1. The summed E-state index contributed by atoms with van der Waals surface area (Å²) in [7, 11) is 0. The van der Waals surface area contributed by atoms with Crippen LogP contribution in [0.3, 0.4) is 0 Å². The smallest absolute Gasteiger partial charge is 0.182 e. The second kappa shape index (κ2) is 4.97. The van der Waals surface area contributed by atoms with Gasteiger partial charge in [-0.3, -0.25) is 0 Å². The topological polar surface area (TPSA) is 78.8 Å². The van der Waals surface area contributed by atoms with Crippen molar-refractivity contribution in [2.24, 2.45) is 0 Å². The van der Waals surface area contributed by atoms with Gasteiger partial charge in [0.05, 0.1) is 12.1 Å². The number of nitrogens with zero attached hydrogens (tertiary/aromatic N) is 4. The number of nitrogen functional groups attached to an aromatic ring is 1. The van der Waals surface area contributed by atoms with E-state index in [1.807, 2.05) is 35.9 Å². The standard InChI is InChI=1S/C13H17N5O/c1-2-19-12-7-11(8-12)18-13(15-16-17-18)9-3-5-10(14)6-4-9/h3-6,11-12H,2,7-8,14H2,1H3. The molecule has 0 unspecified atom stereocenters. The molecule has 1 aromatic carbocycles. The molecule has 2 N–H and O–H groups in total. The second-order valence-corrected chi connectivity index (χ2v) is 4.77. The number of nitrogens with two attached hydrogens (primary N) is 1. The Kier molecular flexibility index (Phi) is 3.16. The fourth-order valence-electron chi connectivity index (χ4n) is 2.37. The Labute approximate surface area is 111 Å². The molecule has 1 aliphatic carbocycles. The van der Waals surface area contributed by atoms with E-state index >= 15 is 0 Å². The van der Waals surface area contributed by atoms with E-state index in [0.717, 1.165) is 36.5 Å². The lowest BCUT2D eigenvalue weighted by Crippen LogP contribution is -2.34. The molecule has 2 aromatic rings. The first kappa shape index (κ1) is 12.1. The minimum Gasteiger partial charge on any atom is -0.399 e. The maximum Gasteiger partial charge on any atom is 0.182 e. The van der Waals surface area contributed by atoms with Crippen LogP contribution in [-0.4, -0.2) is 32.9 Å². The molecule has 100 valence electrons. The molecule has 1 saturated carbocycles. The Bertz CT molecular complexity index is 544. The molecule has 1 aromatic heterocycles. The van der Waals surface area contributed by atoms with Crippen LogP contribution in [0.5, 0.6) is 0 Å². The van der Waals surface area contributed by atoms with E-state index in [0.29, 0.717) is 12.1 Å². The van der Waals surface area contributed by atoms with Crippen LogP contribution in [0.1, 0.15) is 25.8 Å². The number of ether oxygens (including phenoxy) is 1. The number of benzene rings is 1. The molecule has 0 bridgehead atoms. The van der Waals surface area contributed by atoms with Gasteiger partial charge in [0, 0.05) is 17.9 Å². The van der Waals surface area contributed by atoms with Gasteiger partial charge >= 0.3 is 0 Å². The van der Waals surface area contributed by atoms with Crippen LogP contribution in [0.2, 0.25) is 0 Å². The molecular formula is C13H17N5O. The minimum atomic E-state index is 0.333. The maximum absolute atomic E-state index is 5.69. The molecule has 0 aliphatic heterocycles. The Morgan fingerprint density at radius 2 is 2.05 bits per heavy atom. The number of rotatable bonds is 4. The van der Waals surface area contributed by atoms with Crippen molar-refractivity contribution in [3.8, 4) is 11.4 Å². The van der Waals surface area contributed by atoms with E-state index in [9.17, 15) is 0 Å². The van der Waals surface area contributed by atoms with Gasteiger partial charge in [0.1, 0.15) is 0 Å². The van der Waals surface area contributed by atoms with Gasteiger partial charge < -0.3 is 10.5 Å². The highest BCUT2D eigenvalue weighted by molar-refractivity contribution is 5.58. The summed E-state index contributed by atoms with van der Waals surface area (Å²) < 4.78 is 7.46. The van der Waals surface area contributed by atoms with Crippen molar-refractivity contribution in [2.75, 3.05) is 12.3 Å². The van der Waals surface area contributed by atoms with Gasteiger partial charge in [0.25, 0.3) is 0 Å². The molecule has 6 nitrogen and oxygen atoms in total. The van der Waals surface area contributed by atoms with E-state index in [4.69, 9.17) is 10.5 Å². The molecule has 0 spiro atoms. The molecule has 0 amide bonds. The molecule has 1 heterocycles. The van der Waals surface area contributed by atoms with Crippen molar-refractivity contribution in [3.05, 3.63) is 24.3 Å². The second-order valence-electron chi connectivity index (χ2n) is 4.77. The highest BCUT2D eigenvalue weighted by Gasteiger charge is 2.33. The van der Waals surface area contributed by atoms with Crippen molar-refractivity contribution in [2.45, 2.75) is 31.9 Å². The predicted octanol–water partition coefficient (Wildman–Crippen LogP) is 1.66. The summed E-state index contributed by atoms with van der Waals surface area (Å²) in [5, 5.41) is 12.0. The lowest BCUT2D eigenvalue weighted by molar-refractivity contribution is -0.0227. The first-order chi connectivity index (χ1) is 9.28.